The zero-order valence-electron chi connectivity index (χ0n) is 15.5. The molecule has 0 aliphatic heterocycles. The van der Waals surface area contributed by atoms with Crippen LogP contribution in [-0.2, 0) is 11.6 Å². The summed E-state index contributed by atoms with van der Waals surface area (Å²) in [5.41, 5.74) is -3.35. The molecule has 12 heteroatoms. The summed E-state index contributed by atoms with van der Waals surface area (Å²) in [7, 11) is 0. The number of benzene rings is 2. The molecule has 0 atom stereocenters. The van der Waals surface area contributed by atoms with Gasteiger partial charge in [-0.1, -0.05) is 23.2 Å². The van der Waals surface area contributed by atoms with Crippen LogP contribution in [0.2, 0.25) is 10.0 Å². The molecule has 0 saturated heterocycles. The monoisotopic (exact) mass is 607 g/mol. The number of nitrogens with zero attached hydrogens (tertiary/aromatic N) is 3. The van der Waals surface area contributed by atoms with E-state index in [1.807, 2.05) is 0 Å². The first kappa shape index (κ1) is 25.8. The molecule has 2 aromatic rings. The van der Waals surface area contributed by atoms with Crippen molar-refractivity contribution in [1.82, 2.24) is 0 Å². The summed E-state index contributed by atoms with van der Waals surface area (Å²) >= 11 is 18.4. The van der Waals surface area contributed by atoms with Crippen LogP contribution in [0.4, 0.5) is 13.2 Å². The highest BCUT2D eigenvalue weighted by atomic mass is 79.9. The van der Waals surface area contributed by atoms with Gasteiger partial charge in [-0.3, -0.25) is 0 Å². The second-order valence-electron chi connectivity index (χ2n) is 5.92. The molecule has 0 bridgehead atoms. The average Bonchev–Trinajstić information content (AvgIpc) is 2.72. The largest absolute Gasteiger partial charge is 0.489 e. The molecule has 5 nitrogen and oxygen atoms in total. The lowest BCUT2D eigenvalue weighted by Gasteiger charge is -2.17. The van der Waals surface area contributed by atoms with Crippen LogP contribution < -0.4 is 9.47 Å². The molecule has 0 heterocycles. The molecule has 0 fully saturated rings. The molecule has 0 saturated carbocycles. The first-order chi connectivity index (χ1) is 15.0. The Morgan fingerprint density at radius 1 is 1.00 bits per heavy atom. The SMILES string of the molecule is N#CC(C#N)(C#N)c1cc(Cl)c(Oc2ccc(OCC=C(Br)Br)c(C(F)(F)F)c2)c(Cl)c1. The topological polar surface area (TPSA) is 89.8 Å². The quantitative estimate of drug-likeness (QED) is 0.336. The Labute approximate surface area is 207 Å². The fourth-order valence-corrected chi connectivity index (χ4v) is 3.20. The lowest BCUT2D eigenvalue weighted by Crippen LogP contribution is -2.19. The Balaban J connectivity index is 2.45. The lowest BCUT2D eigenvalue weighted by molar-refractivity contribution is -0.138. The summed E-state index contributed by atoms with van der Waals surface area (Å²) in [5.74, 6) is -0.880. The molecule has 0 spiro atoms. The number of hydrogen-bond donors (Lipinski definition) is 0. The van der Waals surface area contributed by atoms with E-state index in [2.05, 4.69) is 31.9 Å². The molecule has 32 heavy (non-hydrogen) atoms. The normalized spacial score (nSPS) is 11.0. The minimum absolute atomic E-state index is 0.0990. The van der Waals surface area contributed by atoms with Crippen molar-refractivity contribution >= 4 is 55.1 Å². The first-order valence-electron chi connectivity index (χ1n) is 8.23. The van der Waals surface area contributed by atoms with E-state index in [1.165, 1.54) is 12.1 Å². The van der Waals surface area contributed by atoms with Gasteiger partial charge in [0.15, 0.2) is 5.75 Å². The molecule has 2 rings (SSSR count). The maximum Gasteiger partial charge on any atom is 0.420 e. The van der Waals surface area contributed by atoms with E-state index in [4.69, 9.17) is 32.7 Å². The highest BCUT2D eigenvalue weighted by molar-refractivity contribution is 9.28. The second kappa shape index (κ2) is 10.5. The summed E-state index contributed by atoms with van der Waals surface area (Å²) in [6, 6.07) is 9.99. The van der Waals surface area contributed by atoms with Gasteiger partial charge < -0.3 is 9.47 Å². The average molecular weight is 610 g/mol. The van der Waals surface area contributed by atoms with Crippen LogP contribution in [0.1, 0.15) is 11.1 Å². The van der Waals surface area contributed by atoms with Gasteiger partial charge in [-0.05, 0) is 68.3 Å². The fourth-order valence-electron chi connectivity index (χ4n) is 2.37. The van der Waals surface area contributed by atoms with Crippen molar-refractivity contribution in [2.45, 2.75) is 11.6 Å². The lowest BCUT2D eigenvalue weighted by atomic mass is 9.85. The van der Waals surface area contributed by atoms with Crippen molar-refractivity contribution in [3.8, 4) is 35.5 Å². The van der Waals surface area contributed by atoms with Crippen molar-refractivity contribution < 1.29 is 22.6 Å². The van der Waals surface area contributed by atoms with Crippen molar-refractivity contribution in [2.75, 3.05) is 6.61 Å². The van der Waals surface area contributed by atoms with Gasteiger partial charge >= 0.3 is 6.18 Å². The van der Waals surface area contributed by atoms with Gasteiger partial charge in [0.25, 0.3) is 5.41 Å². The molecule has 2 aromatic carbocycles. The Morgan fingerprint density at radius 2 is 1.56 bits per heavy atom. The van der Waals surface area contributed by atoms with Crippen molar-refractivity contribution in [2.24, 2.45) is 0 Å². The summed E-state index contributed by atoms with van der Waals surface area (Å²) in [6.07, 6.45) is -3.27. The minimum atomic E-state index is -4.74. The Bertz CT molecular complexity index is 1140. The predicted octanol–water partition coefficient (Wildman–Crippen LogP) is 7.62. The van der Waals surface area contributed by atoms with E-state index in [0.717, 1.165) is 18.2 Å². The van der Waals surface area contributed by atoms with E-state index in [-0.39, 0.29) is 33.7 Å². The van der Waals surface area contributed by atoms with Gasteiger partial charge in [-0.25, -0.2) is 0 Å². The molecule has 0 aliphatic carbocycles. The van der Waals surface area contributed by atoms with Crippen molar-refractivity contribution in [3.05, 3.63) is 61.0 Å². The maximum atomic E-state index is 13.5. The summed E-state index contributed by atoms with van der Waals surface area (Å²) in [5, 5.41) is 27.2. The van der Waals surface area contributed by atoms with Crippen LogP contribution in [0.15, 0.2) is 39.8 Å². The number of rotatable bonds is 6. The number of ether oxygens (including phenoxy) is 2. The number of halogens is 7. The van der Waals surface area contributed by atoms with E-state index >= 15 is 0 Å². The smallest absolute Gasteiger partial charge is 0.420 e. The van der Waals surface area contributed by atoms with Crippen molar-refractivity contribution in [3.63, 3.8) is 0 Å². The number of alkyl halides is 3. The second-order valence-corrected chi connectivity index (χ2v) is 9.50. The van der Waals surface area contributed by atoms with Crippen LogP contribution >= 0.6 is 55.1 Å². The van der Waals surface area contributed by atoms with Gasteiger partial charge in [0.2, 0.25) is 0 Å². The van der Waals surface area contributed by atoms with E-state index < -0.39 is 22.9 Å². The molecule has 164 valence electrons. The number of nitriles is 3. The standard InChI is InChI=1S/C20H8Br2Cl2F3N3O2/c21-17(22)3-4-31-16-2-1-12(7-13(16)20(25,26)27)32-18-14(23)5-11(6-15(18)24)19(8-28,9-29)10-30/h1-3,5-7H,4H2. The maximum absolute atomic E-state index is 13.5. The zero-order valence-corrected chi connectivity index (χ0v) is 20.2. The van der Waals surface area contributed by atoms with Gasteiger partial charge in [-0.15, -0.1) is 0 Å². The third-order valence-electron chi connectivity index (χ3n) is 3.89. The number of hydrogen-bond acceptors (Lipinski definition) is 5. The summed E-state index contributed by atoms with van der Waals surface area (Å²) < 4.78 is 51.6. The van der Waals surface area contributed by atoms with Crippen LogP contribution in [0, 0.1) is 34.0 Å². The van der Waals surface area contributed by atoms with Crippen LogP contribution in [0.5, 0.6) is 17.2 Å². The van der Waals surface area contributed by atoms with Crippen LogP contribution in [0.25, 0.3) is 0 Å². The van der Waals surface area contributed by atoms with E-state index in [0.29, 0.717) is 9.46 Å². The van der Waals surface area contributed by atoms with Gasteiger partial charge in [-0.2, -0.15) is 29.0 Å². The molecule has 0 aromatic heterocycles. The highest BCUT2D eigenvalue weighted by Crippen LogP contribution is 2.43. The van der Waals surface area contributed by atoms with E-state index in [1.54, 1.807) is 18.2 Å². The fraction of sp³-hybridized carbons (Fsp3) is 0.150. The highest BCUT2D eigenvalue weighted by Gasteiger charge is 2.36. The Hall–Kier alpha value is -2.42. The minimum Gasteiger partial charge on any atom is -0.489 e. The summed E-state index contributed by atoms with van der Waals surface area (Å²) in [6.45, 7) is -0.132. The molecule has 0 unspecified atom stereocenters. The third-order valence-corrected chi connectivity index (χ3v) is 5.10. The third kappa shape index (κ3) is 5.88. The summed E-state index contributed by atoms with van der Waals surface area (Å²) in [4.78, 5) is 0. The zero-order chi connectivity index (χ0) is 24.1. The molecule has 0 amide bonds. The van der Waals surface area contributed by atoms with Gasteiger partial charge in [0.05, 0.1) is 13.4 Å². The van der Waals surface area contributed by atoms with Crippen LogP contribution in [-0.4, -0.2) is 6.61 Å². The Morgan fingerprint density at radius 3 is 2.03 bits per heavy atom. The molecule has 0 N–H and O–H groups in total. The predicted molar refractivity (Wildman–Crippen MR) is 118 cm³/mol. The van der Waals surface area contributed by atoms with Crippen molar-refractivity contribution in [1.29, 1.82) is 15.8 Å². The van der Waals surface area contributed by atoms with Gasteiger partial charge in [0, 0.05) is 5.56 Å². The van der Waals surface area contributed by atoms with Gasteiger partial charge in [0.1, 0.15) is 41.9 Å². The Kier molecular flexibility index (Phi) is 8.45. The molecule has 0 radical (unpaired) electrons. The first-order valence-corrected chi connectivity index (χ1v) is 10.6. The van der Waals surface area contributed by atoms with E-state index in [9.17, 15) is 29.0 Å². The van der Waals surface area contributed by atoms with Crippen LogP contribution in [0.3, 0.4) is 0 Å². The molecular weight excluding hydrogens is 602 g/mol. The molecule has 0 aliphatic rings. The molecular formula is C20H8Br2Cl2F3N3O2.